The molecular formula is C23H25N3O4S. The number of hydrogen-bond donors (Lipinski definition) is 2. The fraction of sp³-hybridized carbons (Fsp3) is 0.391. The number of carboxylic acid groups (broad SMARTS) is 1. The zero-order chi connectivity index (χ0) is 21.9. The summed E-state index contributed by atoms with van der Waals surface area (Å²) in [4.78, 5) is 30.0. The number of carbonyl (C=O) groups is 1. The number of anilines is 1. The topological polar surface area (TPSA) is 95.4 Å². The fourth-order valence-corrected chi connectivity index (χ4v) is 5.65. The molecule has 0 radical (unpaired) electrons. The van der Waals surface area contributed by atoms with Crippen molar-refractivity contribution in [2.45, 2.75) is 24.2 Å². The first-order valence-corrected chi connectivity index (χ1v) is 12.0. The average molecular weight is 440 g/mol. The Morgan fingerprint density at radius 1 is 1.23 bits per heavy atom. The normalized spacial score (nSPS) is 20.8. The largest absolute Gasteiger partial charge is 0.481 e. The summed E-state index contributed by atoms with van der Waals surface area (Å²) >= 11 is 0. The van der Waals surface area contributed by atoms with Crippen LogP contribution in [0.5, 0.6) is 0 Å². The number of aromatic amines is 1. The number of pyridine rings is 1. The number of H-pyrrole nitrogens is 1. The number of aryl methyl sites for hydroxylation is 1. The van der Waals surface area contributed by atoms with E-state index in [0.717, 1.165) is 59.4 Å². The van der Waals surface area contributed by atoms with Crippen LogP contribution in [0, 0.1) is 11.3 Å². The van der Waals surface area contributed by atoms with Gasteiger partial charge in [-0.15, -0.1) is 0 Å². The highest BCUT2D eigenvalue weighted by atomic mass is 32.2. The van der Waals surface area contributed by atoms with Crippen molar-refractivity contribution in [3.63, 3.8) is 0 Å². The van der Waals surface area contributed by atoms with Gasteiger partial charge >= 0.3 is 5.97 Å². The molecule has 1 saturated carbocycles. The summed E-state index contributed by atoms with van der Waals surface area (Å²) in [6.45, 7) is 1.57. The molecule has 31 heavy (non-hydrogen) atoms. The third-order valence-electron chi connectivity index (χ3n) is 7.07. The van der Waals surface area contributed by atoms with Crippen LogP contribution in [0.2, 0.25) is 0 Å². The Labute approximate surface area is 182 Å². The van der Waals surface area contributed by atoms with E-state index in [2.05, 4.69) is 9.88 Å². The lowest BCUT2D eigenvalue weighted by atomic mass is 9.90. The van der Waals surface area contributed by atoms with Gasteiger partial charge in [-0.2, -0.15) is 0 Å². The van der Waals surface area contributed by atoms with E-state index in [1.165, 1.54) is 0 Å². The van der Waals surface area contributed by atoms with Crippen molar-refractivity contribution >= 4 is 33.4 Å². The van der Waals surface area contributed by atoms with Crippen molar-refractivity contribution in [2.24, 2.45) is 18.4 Å². The summed E-state index contributed by atoms with van der Waals surface area (Å²) in [5, 5.41) is 10.2. The number of carboxylic acids is 1. The molecule has 8 heteroatoms. The molecule has 2 N–H and O–H groups in total. The quantitative estimate of drug-likeness (QED) is 0.652. The van der Waals surface area contributed by atoms with Gasteiger partial charge in [-0.05, 0) is 48.9 Å². The molecule has 5 rings (SSSR count). The van der Waals surface area contributed by atoms with Crippen molar-refractivity contribution in [1.29, 1.82) is 0 Å². The second kappa shape index (κ2) is 7.09. The summed E-state index contributed by atoms with van der Waals surface area (Å²) < 4.78 is 13.8. The minimum absolute atomic E-state index is 0.0437. The molecule has 1 aliphatic carbocycles. The number of benzene rings is 1. The zero-order valence-corrected chi connectivity index (χ0v) is 18.4. The molecule has 1 aliphatic heterocycles. The Morgan fingerprint density at radius 2 is 1.97 bits per heavy atom. The highest BCUT2D eigenvalue weighted by molar-refractivity contribution is 7.84. The number of hydrogen-bond acceptors (Lipinski definition) is 4. The zero-order valence-electron chi connectivity index (χ0n) is 17.6. The molecule has 2 aliphatic rings. The van der Waals surface area contributed by atoms with Crippen LogP contribution in [-0.2, 0) is 22.6 Å². The number of aromatic nitrogens is 2. The number of piperidine rings is 1. The van der Waals surface area contributed by atoms with Crippen LogP contribution < -0.4 is 10.5 Å². The Hall–Kier alpha value is -2.87. The molecule has 2 atom stereocenters. The van der Waals surface area contributed by atoms with E-state index < -0.39 is 16.8 Å². The molecule has 7 nitrogen and oxygen atoms in total. The van der Waals surface area contributed by atoms with Crippen LogP contribution in [0.4, 0.5) is 5.69 Å². The Balaban J connectivity index is 1.59. The minimum atomic E-state index is -1.13. The van der Waals surface area contributed by atoms with Crippen molar-refractivity contribution in [2.75, 3.05) is 24.2 Å². The number of nitrogens with zero attached hydrogens (tertiary/aromatic N) is 2. The van der Waals surface area contributed by atoms with E-state index in [4.69, 9.17) is 0 Å². The minimum Gasteiger partial charge on any atom is -0.481 e. The van der Waals surface area contributed by atoms with Crippen molar-refractivity contribution < 1.29 is 14.1 Å². The van der Waals surface area contributed by atoms with Crippen LogP contribution in [-0.4, -0.2) is 44.2 Å². The number of fused-ring (bicyclic) bond motifs is 1. The van der Waals surface area contributed by atoms with Gasteiger partial charge in [0.2, 0.25) is 0 Å². The third-order valence-corrected chi connectivity index (χ3v) is 7.99. The average Bonchev–Trinajstić information content (AvgIpc) is 3.23. The van der Waals surface area contributed by atoms with Gasteiger partial charge < -0.3 is 19.6 Å². The Bertz CT molecular complexity index is 1280. The second-order valence-electron chi connectivity index (χ2n) is 8.80. The molecule has 3 heterocycles. The maximum absolute atomic E-state index is 12.5. The maximum atomic E-state index is 12.5. The fourth-order valence-electron chi connectivity index (χ4n) is 5.11. The highest BCUT2D eigenvalue weighted by Gasteiger charge is 2.58. The summed E-state index contributed by atoms with van der Waals surface area (Å²) in [7, 11) is 0.601. The molecule has 1 spiro atoms. The molecule has 162 valence electrons. The van der Waals surface area contributed by atoms with E-state index in [0.29, 0.717) is 5.52 Å². The van der Waals surface area contributed by atoms with Gasteiger partial charge in [0.15, 0.2) is 0 Å². The molecule has 2 unspecified atom stereocenters. The van der Waals surface area contributed by atoms with Crippen molar-refractivity contribution in [3.8, 4) is 11.1 Å². The predicted molar refractivity (Wildman–Crippen MR) is 121 cm³/mol. The molecule has 2 fully saturated rings. The van der Waals surface area contributed by atoms with Gasteiger partial charge in [0.05, 0.1) is 5.92 Å². The molecule has 3 aromatic rings. The number of rotatable bonds is 4. The van der Waals surface area contributed by atoms with Crippen LogP contribution in [0.1, 0.15) is 19.3 Å². The van der Waals surface area contributed by atoms with Crippen LogP contribution in [0.15, 0.2) is 46.3 Å². The summed E-state index contributed by atoms with van der Waals surface area (Å²) in [6.07, 6.45) is 7.76. The van der Waals surface area contributed by atoms with Gasteiger partial charge in [0, 0.05) is 76.7 Å². The number of aliphatic carboxylic acids is 1. The Kier molecular flexibility index (Phi) is 4.58. The lowest BCUT2D eigenvalue weighted by Gasteiger charge is -2.35. The van der Waals surface area contributed by atoms with E-state index in [9.17, 15) is 18.9 Å². The van der Waals surface area contributed by atoms with E-state index in [1.54, 1.807) is 24.1 Å². The van der Waals surface area contributed by atoms with Gasteiger partial charge in [-0.3, -0.25) is 13.8 Å². The molecule has 0 amide bonds. The van der Waals surface area contributed by atoms with Gasteiger partial charge in [0.1, 0.15) is 5.52 Å². The lowest BCUT2D eigenvalue weighted by molar-refractivity contribution is -0.139. The van der Waals surface area contributed by atoms with Crippen LogP contribution in [0.25, 0.3) is 22.0 Å². The van der Waals surface area contributed by atoms with Crippen LogP contribution in [0.3, 0.4) is 0 Å². The van der Waals surface area contributed by atoms with Crippen LogP contribution >= 0.6 is 0 Å². The van der Waals surface area contributed by atoms with Crippen molar-refractivity contribution in [3.05, 3.63) is 47.0 Å². The van der Waals surface area contributed by atoms with Crippen molar-refractivity contribution in [1.82, 2.24) is 9.55 Å². The van der Waals surface area contributed by atoms with E-state index in [1.807, 2.05) is 30.5 Å². The molecular weight excluding hydrogens is 414 g/mol. The lowest BCUT2D eigenvalue weighted by Crippen LogP contribution is -2.36. The molecule has 2 aromatic heterocycles. The Morgan fingerprint density at radius 3 is 2.61 bits per heavy atom. The van der Waals surface area contributed by atoms with Gasteiger partial charge in [0.25, 0.3) is 5.56 Å². The molecule has 0 bridgehead atoms. The van der Waals surface area contributed by atoms with Gasteiger partial charge in [-0.1, -0.05) is 0 Å². The summed E-state index contributed by atoms with van der Waals surface area (Å²) in [5.41, 5.74) is 3.29. The smallest absolute Gasteiger partial charge is 0.307 e. The molecule has 1 aromatic carbocycles. The van der Waals surface area contributed by atoms with Gasteiger partial charge in [-0.25, -0.2) is 0 Å². The predicted octanol–water partition coefficient (Wildman–Crippen LogP) is 2.96. The third kappa shape index (κ3) is 3.20. The SMILES string of the molecule is Cn1cc(-c2cc(S(C)=O)ccc2N2CCC3(CC2)CC3C(=O)O)c2cc[nH]c2c1=O. The standard InChI is InChI=1S/C23H25N3O4S/c1-25-13-17(15-5-8-24-20(15)21(25)27)16-11-14(31(2)30)3-4-19(16)26-9-6-23(7-10-26)12-18(23)22(28)29/h3-5,8,11,13,18,24H,6-7,9-10,12H2,1-2H3,(H,28,29). The second-order valence-corrected chi connectivity index (χ2v) is 10.2. The molecule has 1 saturated heterocycles. The maximum Gasteiger partial charge on any atom is 0.307 e. The monoisotopic (exact) mass is 439 g/mol. The van der Waals surface area contributed by atoms with E-state index in [-0.39, 0.29) is 16.9 Å². The first-order chi connectivity index (χ1) is 14.8. The van der Waals surface area contributed by atoms with E-state index >= 15 is 0 Å². The first kappa shape index (κ1) is 20.1. The number of nitrogens with one attached hydrogen (secondary N) is 1. The summed E-state index contributed by atoms with van der Waals surface area (Å²) in [6, 6.07) is 7.76. The highest BCUT2D eigenvalue weighted by Crippen LogP contribution is 2.59. The first-order valence-electron chi connectivity index (χ1n) is 10.4. The summed E-state index contributed by atoms with van der Waals surface area (Å²) in [5.74, 6) is -0.883.